The van der Waals surface area contributed by atoms with Crippen molar-refractivity contribution in [2.45, 2.75) is 32.5 Å². The Morgan fingerprint density at radius 1 is 1.18 bits per heavy atom. The molecule has 1 aromatic rings. The first-order chi connectivity index (χ1) is 8.21. The van der Waals surface area contributed by atoms with Crippen LogP contribution in [0.4, 0.5) is 0 Å². The summed E-state index contributed by atoms with van der Waals surface area (Å²) in [5.41, 5.74) is 1.20. The zero-order valence-electron chi connectivity index (χ0n) is 10.8. The van der Waals surface area contributed by atoms with Gasteiger partial charge in [0.2, 0.25) is 0 Å². The lowest BCUT2D eigenvalue weighted by atomic mass is 10.1. The van der Waals surface area contributed by atoms with Crippen LogP contribution in [0.15, 0.2) is 18.2 Å². The standard InChI is InChI=1S/C14H21BrO2/c1-4-11(3)10-17-13-7-6-12(9-15)8-14(13)16-5-2/h6-8,11H,4-5,9-10H2,1-3H3. The van der Waals surface area contributed by atoms with E-state index in [1.165, 1.54) is 5.56 Å². The second-order valence-electron chi connectivity index (χ2n) is 4.17. The molecule has 0 N–H and O–H groups in total. The molecule has 3 heteroatoms. The maximum Gasteiger partial charge on any atom is 0.161 e. The summed E-state index contributed by atoms with van der Waals surface area (Å²) in [4.78, 5) is 0. The third-order valence-electron chi connectivity index (χ3n) is 2.68. The average molecular weight is 301 g/mol. The molecule has 0 bridgehead atoms. The molecule has 2 nitrogen and oxygen atoms in total. The molecule has 1 atom stereocenters. The Labute approximate surface area is 112 Å². The Kier molecular flexibility index (Phi) is 6.41. The highest BCUT2D eigenvalue weighted by Gasteiger charge is 2.07. The van der Waals surface area contributed by atoms with Crippen molar-refractivity contribution in [2.75, 3.05) is 13.2 Å². The predicted molar refractivity (Wildman–Crippen MR) is 75.2 cm³/mol. The Morgan fingerprint density at radius 2 is 1.94 bits per heavy atom. The molecule has 0 spiro atoms. The summed E-state index contributed by atoms with van der Waals surface area (Å²) < 4.78 is 11.4. The molecule has 17 heavy (non-hydrogen) atoms. The highest BCUT2D eigenvalue weighted by molar-refractivity contribution is 9.08. The van der Waals surface area contributed by atoms with Crippen molar-refractivity contribution in [3.63, 3.8) is 0 Å². The van der Waals surface area contributed by atoms with Crippen LogP contribution in [-0.2, 0) is 5.33 Å². The van der Waals surface area contributed by atoms with Gasteiger partial charge in [0, 0.05) is 5.33 Å². The molecule has 0 amide bonds. The summed E-state index contributed by atoms with van der Waals surface area (Å²) in [6, 6.07) is 6.08. The molecule has 0 aliphatic rings. The lowest BCUT2D eigenvalue weighted by molar-refractivity contribution is 0.237. The Balaban J connectivity index is 2.75. The molecule has 96 valence electrons. The SMILES string of the molecule is CCOc1cc(CBr)ccc1OCC(C)CC. The molecule has 0 aromatic heterocycles. The first kappa shape index (κ1) is 14.4. The van der Waals surface area contributed by atoms with Crippen LogP contribution in [0.3, 0.4) is 0 Å². The van der Waals surface area contributed by atoms with Crippen LogP contribution in [-0.4, -0.2) is 13.2 Å². The number of hydrogen-bond donors (Lipinski definition) is 0. The van der Waals surface area contributed by atoms with Gasteiger partial charge in [-0.25, -0.2) is 0 Å². The van der Waals surface area contributed by atoms with Gasteiger partial charge in [0.05, 0.1) is 13.2 Å². The minimum Gasteiger partial charge on any atom is -0.490 e. The summed E-state index contributed by atoms with van der Waals surface area (Å²) >= 11 is 3.44. The molecule has 0 saturated heterocycles. The fourth-order valence-electron chi connectivity index (χ4n) is 1.37. The number of ether oxygens (including phenoxy) is 2. The van der Waals surface area contributed by atoms with E-state index in [0.29, 0.717) is 12.5 Å². The van der Waals surface area contributed by atoms with Gasteiger partial charge in [0.15, 0.2) is 11.5 Å². The van der Waals surface area contributed by atoms with Crippen LogP contribution in [0.5, 0.6) is 11.5 Å². The van der Waals surface area contributed by atoms with Gasteiger partial charge in [-0.1, -0.05) is 42.3 Å². The van der Waals surface area contributed by atoms with E-state index in [-0.39, 0.29) is 0 Å². The lowest BCUT2D eigenvalue weighted by Gasteiger charge is -2.15. The molecule has 0 heterocycles. The van der Waals surface area contributed by atoms with E-state index in [9.17, 15) is 0 Å². The maximum atomic E-state index is 5.80. The minimum atomic E-state index is 0.570. The molecule has 0 aliphatic heterocycles. The molecular formula is C14H21BrO2. The molecule has 1 aromatic carbocycles. The number of halogens is 1. The van der Waals surface area contributed by atoms with Crippen molar-refractivity contribution in [3.05, 3.63) is 23.8 Å². The molecule has 0 saturated carbocycles. The van der Waals surface area contributed by atoms with Crippen LogP contribution in [0.1, 0.15) is 32.8 Å². The second kappa shape index (κ2) is 7.59. The summed E-state index contributed by atoms with van der Waals surface area (Å²) in [6.45, 7) is 7.74. The van der Waals surface area contributed by atoms with Gasteiger partial charge >= 0.3 is 0 Å². The smallest absolute Gasteiger partial charge is 0.161 e. The van der Waals surface area contributed by atoms with Crippen LogP contribution >= 0.6 is 15.9 Å². The van der Waals surface area contributed by atoms with Gasteiger partial charge in [-0.2, -0.15) is 0 Å². The van der Waals surface area contributed by atoms with E-state index in [2.05, 4.69) is 35.8 Å². The zero-order valence-corrected chi connectivity index (χ0v) is 12.4. The summed E-state index contributed by atoms with van der Waals surface area (Å²) in [5, 5.41) is 0.832. The number of rotatable bonds is 7. The van der Waals surface area contributed by atoms with Gasteiger partial charge < -0.3 is 9.47 Å². The van der Waals surface area contributed by atoms with Gasteiger partial charge in [0.1, 0.15) is 0 Å². The Hall–Kier alpha value is -0.700. The fourth-order valence-corrected chi connectivity index (χ4v) is 1.72. The molecule has 1 rings (SSSR count). The van der Waals surface area contributed by atoms with Crippen molar-refractivity contribution < 1.29 is 9.47 Å². The van der Waals surface area contributed by atoms with Gasteiger partial charge in [0.25, 0.3) is 0 Å². The molecule has 0 fully saturated rings. The van der Waals surface area contributed by atoms with Crippen LogP contribution in [0.25, 0.3) is 0 Å². The molecule has 0 radical (unpaired) electrons. The Morgan fingerprint density at radius 3 is 2.53 bits per heavy atom. The van der Waals surface area contributed by atoms with E-state index < -0.39 is 0 Å². The second-order valence-corrected chi connectivity index (χ2v) is 4.73. The highest BCUT2D eigenvalue weighted by atomic mass is 79.9. The van der Waals surface area contributed by atoms with Crippen LogP contribution < -0.4 is 9.47 Å². The first-order valence-corrected chi connectivity index (χ1v) is 7.27. The third-order valence-corrected chi connectivity index (χ3v) is 3.33. The summed E-state index contributed by atoms with van der Waals surface area (Å²) in [5.74, 6) is 2.25. The Bertz CT molecular complexity index is 339. The van der Waals surface area contributed by atoms with E-state index in [1.54, 1.807) is 0 Å². The fraction of sp³-hybridized carbons (Fsp3) is 0.571. The maximum absolute atomic E-state index is 5.80. The van der Waals surface area contributed by atoms with Gasteiger partial charge in [-0.05, 0) is 30.5 Å². The topological polar surface area (TPSA) is 18.5 Å². The molecular weight excluding hydrogens is 280 g/mol. The zero-order chi connectivity index (χ0) is 12.7. The van der Waals surface area contributed by atoms with Crippen molar-refractivity contribution in [2.24, 2.45) is 5.92 Å². The van der Waals surface area contributed by atoms with E-state index in [1.807, 2.05) is 19.1 Å². The van der Waals surface area contributed by atoms with Crippen LogP contribution in [0.2, 0.25) is 0 Å². The van der Waals surface area contributed by atoms with Crippen molar-refractivity contribution in [3.8, 4) is 11.5 Å². The largest absolute Gasteiger partial charge is 0.490 e. The minimum absolute atomic E-state index is 0.570. The molecule has 0 aliphatic carbocycles. The normalized spacial score (nSPS) is 12.2. The monoisotopic (exact) mass is 300 g/mol. The van der Waals surface area contributed by atoms with E-state index in [4.69, 9.17) is 9.47 Å². The quantitative estimate of drug-likeness (QED) is 0.695. The first-order valence-electron chi connectivity index (χ1n) is 6.15. The van der Waals surface area contributed by atoms with Gasteiger partial charge in [-0.15, -0.1) is 0 Å². The third kappa shape index (κ3) is 4.58. The van der Waals surface area contributed by atoms with Crippen molar-refractivity contribution in [1.82, 2.24) is 0 Å². The van der Waals surface area contributed by atoms with Crippen molar-refractivity contribution >= 4 is 15.9 Å². The number of benzene rings is 1. The summed E-state index contributed by atoms with van der Waals surface area (Å²) in [7, 11) is 0. The molecule has 1 unspecified atom stereocenters. The number of hydrogen-bond acceptors (Lipinski definition) is 2. The highest BCUT2D eigenvalue weighted by Crippen LogP contribution is 2.29. The summed E-state index contributed by atoms with van der Waals surface area (Å²) in [6.07, 6.45) is 1.13. The average Bonchev–Trinajstić information content (AvgIpc) is 2.37. The van der Waals surface area contributed by atoms with E-state index >= 15 is 0 Å². The van der Waals surface area contributed by atoms with Gasteiger partial charge in [-0.3, -0.25) is 0 Å². The lowest BCUT2D eigenvalue weighted by Crippen LogP contribution is -2.08. The van der Waals surface area contributed by atoms with E-state index in [0.717, 1.165) is 29.9 Å². The van der Waals surface area contributed by atoms with Crippen LogP contribution in [0, 0.1) is 5.92 Å². The van der Waals surface area contributed by atoms with Crippen molar-refractivity contribution in [1.29, 1.82) is 0 Å². The number of alkyl halides is 1. The predicted octanol–water partition coefficient (Wildman–Crippen LogP) is 4.41.